The number of hydrogen-bond acceptors (Lipinski definition) is 4. The molecule has 3 aliphatic rings. The molecular formula is C30H27FN2O3. The molecule has 3 aromatic rings. The Labute approximate surface area is 209 Å². The van der Waals surface area contributed by atoms with Crippen LogP contribution < -0.4 is 0 Å². The molecule has 2 unspecified atom stereocenters. The molecule has 1 N–H and O–H groups in total. The summed E-state index contributed by atoms with van der Waals surface area (Å²) in [5.74, 6) is -0.642. The van der Waals surface area contributed by atoms with Crippen molar-refractivity contribution in [3.8, 4) is 17.2 Å². The second-order valence-electron chi connectivity index (χ2n) is 10.2. The molecule has 36 heavy (non-hydrogen) atoms. The maximum atomic E-state index is 14.3. The van der Waals surface area contributed by atoms with Gasteiger partial charge >= 0.3 is 6.09 Å². The summed E-state index contributed by atoms with van der Waals surface area (Å²) in [5, 5.41) is 20.6. The van der Waals surface area contributed by atoms with Gasteiger partial charge in [-0.3, -0.25) is 0 Å². The fourth-order valence-electron chi connectivity index (χ4n) is 6.53. The maximum Gasteiger partial charge on any atom is 0.410 e. The molecule has 5 nitrogen and oxygen atoms in total. The highest BCUT2D eigenvalue weighted by Crippen LogP contribution is 2.46. The van der Waals surface area contributed by atoms with E-state index in [2.05, 4.69) is 24.3 Å². The van der Waals surface area contributed by atoms with Gasteiger partial charge in [-0.1, -0.05) is 54.6 Å². The van der Waals surface area contributed by atoms with E-state index in [0.29, 0.717) is 18.4 Å². The Balaban J connectivity index is 1.20. The van der Waals surface area contributed by atoms with E-state index in [4.69, 9.17) is 10.00 Å². The number of carbonyl (C=O) groups excluding carboxylic acids is 1. The summed E-state index contributed by atoms with van der Waals surface area (Å²) in [7, 11) is 0. The minimum absolute atomic E-state index is 0.00969. The van der Waals surface area contributed by atoms with Gasteiger partial charge in [-0.15, -0.1) is 0 Å². The zero-order valence-electron chi connectivity index (χ0n) is 19.9. The first kappa shape index (κ1) is 22.8. The zero-order valence-corrected chi connectivity index (χ0v) is 19.9. The summed E-state index contributed by atoms with van der Waals surface area (Å²) in [5.41, 5.74) is 3.88. The van der Waals surface area contributed by atoms with Gasteiger partial charge in [-0.2, -0.15) is 5.26 Å². The second kappa shape index (κ2) is 8.76. The number of nitriles is 1. The van der Waals surface area contributed by atoms with E-state index in [1.165, 1.54) is 34.4 Å². The van der Waals surface area contributed by atoms with Crippen LogP contribution in [0.25, 0.3) is 11.1 Å². The molecule has 2 bridgehead atoms. The SMILES string of the molecule is N#Cc1ccc(C2(O)CC3CCCC(C2)N3C(=O)OCC2c3ccccc3-c3ccccc32)cc1F. The zero-order chi connectivity index (χ0) is 24.9. The summed E-state index contributed by atoms with van der Waals surface area (Å²) in [6.07, 6.45) is 2.79. The average molecular weight is 483 g/mol. The predicted molar refractivity (Wildman–Crippen MR) is 133 cm³/mol. The van der Waals surface area contributed by atoms with Gasteiger partial charge in [-0.25, -0.2) is 9.18 Å². The van der Waals surface area contributed by atoms with E-state index >= 15 is 0 Å². The molecule has 6 heteroatoms. The van der Waals surface area contributed by atoms with Crippen molar-refractivity contribution in [1.29, 1.82) is 5.26 Å². The summed E-state index contributed by atoms with van der Waals surface area (Å²) < 4.78 is 20.3. The van der Waals surface area contributed by atoms with Crippen LogP contribution in [0.4, 0.5) is 9.18 Å². The van der Waals surface area contributed by atoms with Gasteiger partial charge in [0.15, 0.2) is 0 Å². The standard InChI is InChI=1S/C30H27FN2O3/c31-28-14-20(13-12-19(28)17-32)30(35)15-21-6-5-7-22(16-30)33(21)29(34)36-18-27-25-10-3-1-8-23(25)24-9-2-4-11-26(24)27/h1-4,8-14,21-22,27,35H,5-7,15-16,18H2. The molecule has 1 aliphatic carbocycles. The topological polar surface area (TPSA) is 73.6 Å². The smallest absolute Gasteiger partial charge is 0.410 e. The molecule has 0 saturated carbocycles. The Morgan fingerprint density at radius 2 is 1.64 bits per heavy atom. The van der Waals surface area contributed by atoms with E-state index in [1.807, 2.05) is 35.2 Å². The first-order valence-corrected chi connectivity index (χ1v) is 12.5. The fraction of sp³-hybridized carbons (Fsp3) is 0.333. The molecular weight excluding hydrogens is 455 g/mol. The van der Waals surface area contributed by atoms with Crippen LogP contribution in [-0.4, -0.2) is 34.8 Å². The number of amides is 1. The normalized spacial score (nSPS) is 24.5. The van der Waals surface area contributed by atoms with Crippen molar-refractivity contribution >= 4 is 6.09 Å². The summed E-state index contributed by atoms with van der Waals surface area (Å²) >= 11 is 0. The minimum atomic E-state index is -1.25. The summed E-state index contributed by atoms with van der Waals surface area (Å²) in [4.78, 5) is 15.2. The third-order valence-corrected chi connectivity index (χ3v) is 8.18. The predicted octanol–water partition coefficient (Wildman–Crippen LogP) is 5.85. The van der Waals surface area contributed by atoms with Crippen molar-refractivity contribution in [2.45, 2.75) is 55.7 Å². The van der Waals surface area contributed by atoms with Crippen LogP contribution in [0.15, 0.2) is 66.7 Å². The van der Waals surface area contributed by atoms with Crippen LogP contribution in [0.2, 0.25) is 0 Å². The van der Waals surface area contributed by atoms with E-state index in [-0.39, 0.29) is 36.3 Å². The largest absolute Gasteiger partial charge is 0.448 e. The Kier molecular flexibility index (Phi) is 5.54. The molecule has 2 fully saturated rings. The van der Waals surface area contributed by atoms with Crippen LogP contribution in [0.3, 0.4) is 0 Å². The number of benzene rings is 3. The Bertz CT molecular complexity index is 1320. The number of nitrogens with zero attached hydrogens (tertiary/aromatic N) is 2. The van der Waals surface area contributed by atoms with Crippen molar-refractivity contribution in [1.82, 2.24) is 4.90 Å². The van der Waals surface area contributed by atoms with E-state index in [0.717, 1.165) is 19.3 Å². The van der Waals surface area contributed by atoms with Gasteiger partial charge < -0.3 is 14.7 Å². The number of hydrogen-bond donors (Lipinski definition) is 1. The third-order valence-electron chi connectivity index (χ3n) is 8.18. The minimum Gasteiger partial charge on any atom is -0.448 e. The Morgan fingerprint density at radius 1 is 1.03 bits per heavy atom. The lowest BCUT2D eigenvalue weighted by Crippen LogP contribution is -2.59. The van der Waals surface area contributed by atoms with E-state index < -0.39 is 11.4 Å². The molecule has 0 aromatic heterocycles. The molecule has 2 aliphatic heterocycles. The number of fused-ring (bicyclic) bond motifs is 5. The van der Waals surface area contributed by atoms with Gasteiger partial charge in [0.05, 0.1) is 11.2 Å². The van der Waals surface area contributed by atoms with Crippen molar-refractivity contribution in [2.24, 2.45) is 0 Å². The molecule has 1 amide bonds. The Hall–Kier alpha value is -3.69. The highest BCUT2D eigenvalue weighted by atomic mass is 19.1. The summed E-state index contributed by atoms with van der Waals surface area (Å²) in [6, 6.07) is 22.3. The molecule has 2 saturated heterocycles. The van der Waals surface area contributed by atoms with Gasteiger partial charge in [0.2, 0.25) is 0 Å². The molecule has 2 heterocycles. The van der Waals surface area contributed by atoms with Crippen LogP contribution in [0.1, 0.15) is 60.3 Å². The van der Waals surface area contributed by atoms with Crippen molar-refractivity contribution in [3.63, 3.8) is 0 Å². The fourth-order valence-corrected chi connectivity index (χ4v) is 6.53. The highest BCUT2D eigenvalue weighted by molar-refractivity contribution is 5.79. The van der Waals surface area contributed by atoms with Crippen LogP contribution in [-0.2, 0) is 10.3 Å². The molecule has 3 aromatic carbocycles. The number of halogens is 1. The lowest BCUT2D eigenvalue weighted by molar-refractivity contribution is -0.0892. The highest BCUT2D eigenvalue weighted by Gasteiger charge is 2.49. The van der Waals surface area contributed by atoms with Crippen LogP contribution >= 0.6 is 0 Å². The van der Waals surface area contributed by atoms with Gasteiger partial charge in [0, 0.05) is 30.8 Å². The third kappa shape index (κ3) is 3.66. The first-order chi connectivity index (χ1) is 17.5. The first-order valence-electron chi connectivity index (χ1n) is 12.5. The van der Waals surface area contributed by atoms with Crippen molar-refractivity contribution < 1.29 is 19.0 Å². The molecule has 2 atom stereocenters. The monoisotopic (exact) mass is 482 g/mol. The summed E-state index contributed by atoms with van der Waals surface area (Å²) in [6.45, 7) is 0.258. The number of ether oxygens (including phenoxy) is 1. The Morgan fingerprint density at radius 3 is 2.22 bits per heavy atom. The maximum absolute atomic E-state index is 14.3. The molecule has 182 valence electrons. The number of aliphatic hydroxyl groups is 1. The lowest BCUT2D eigenvalue weighted by atomic mass is 9.72. The lowest BCUT2D eigenvalue weighted by Gasteiger charge is -2.51. The number of rotatable bonds is 3. The number of carbonyl (C=O) groups is 1. The van der Waals surface area contributed by atoms with E-state index in [1.54, 1.807) is 6.07 Å². The average Bonchev–Trinajstić information content (AvgIpc) is 3.20. The number of piperidine rings is 2. The van der Waals surface area contributed by atoms with Crippen LogP contribution in [0, 0.1) is 17.1 Å². The van der Waals surface area contributed by atoms with Gasteiger partial charge in [-0.05, 0) is 59.2 Å². The van der Waals surface area contributed by atoms with Crippen molar-refractivity contribution in [2.75, 3.05) is 6.61 Å². The molecule has 0 radical (unpaired) electrons. The second-order valence-corrected chi connectivity index (χ2v) is 10.2. The van der Waals surface area contributed by atoms with Gasteiger partial charge in [0.1, 0.15) is 18.5 Å². The molecule has 6 rings (SSSR count). The quantitative estimate of drug-likeness (QED) is 0.508. The van der Waals surface area contributed by atoms with Crippen molar-refractivity contribution in [3.05, 3.63) is 94.8 Å². The van der Waals surface area contributed by atoms with E-state index in [9.17, 15) is 14.3 Å². The van der Waals surface area contributed by atoms with Crippen LogP contribution in [0.5, 0.6) is 0 Å². The molecule has 0 spiro atoms. The van der Waals surface area contributed by atoms with Gasteiger partial charge in [0.25, 0.3) is 0 Å².